The van der Waals surface area contributed by atoms with Crippen LogP contribution >= 0.6 is 0 Å². The third-order valence-corrected chi connectivity index (χ3v) is 3.64. The molecular formula is C15H28N2O3. The Hall–Kier alpha value is -1.10. The zero-order valence-electron chi connectivity index (χ0n) is 12.8. The van der Waals surface area contributed by atoms with Gasteiger partial charge in [0.2, 0.25) is 5.91 Å². The van der Waals surface area contributed by atoms with Crippen LogP contribution in [0.3, 0.4) is 0 Å². The Morgan fingerprint density at radius 3 is 2.50 bits per heavy atom. The highest BCUT2D eigenvalue weighted by Crippen LogP contribution is 2.11. The van der Waals surface area contributed by atoms with E-state index in [-0.39, 0.29) is 30.8 Å². The maximum atomic E-state index is 11.7. The van der Waals surface area contributed by atoms with E-state index in [0.717, 1.165) is 25.9 Å². The summed E-state index contributed by atoms with van der Waals surface area (Å²) in [6.07, 6.45) is 4.90. The lowest BCUT2D eigenvalue weighted by Crippen LogP contribution is -2.44. The molecule has 116 valence electrons. The second-order valence-corrected chi connectivity index (χ2v) is 5.34. The summed E-state index contributed by atoms with van der Waals surface area (Å²) in [6, 6.07) is 0.266. The quantitative estimate of drug-likeness (QED) is 0.689. The minimum Gasteiger partial charge on any atom is -0.466 e. The minimum absolute atomic E-state index is 0.0370. The lowest BCUT2D eigenvalue weighted by atomic mass is 10.0. The van der Waals surface area contributed by atoms with Crippen molar-refractivity contribution in [3.05, 3.63) is 0 Å². The van der Waals surface area contributed by atoms with Gasteiger partial charge in [0, 0.05) is 25.6 Å². The average molecular weight is 284 g/mol. The number of esters is 1. The van der Waals surface area contributed by atoms with Gasteiger partial charge in [-0.25, -0.2) is 0 Å². The van der Waals surface area contributed by atoms with Crippen molar-refractivity contribution in [2.45, 2.75) is 58.4 Å². The first kappa shape index (κ1) is 17.0. The maximum Gasteiger partial charge on any atom is 0.306 e. The van der Waals surface area contributed by atoms with Gasteiger partial charge in [0.05, 0.1) is 13.0 Å². The molecule has 0 aliphatic carbocycles. The van der Waals surface area contributed by atoms with E-state index in [0.29, 0.717) is 6.61 Å². The Kier molecular flexibility index (Phi) is 8.26. The van der Waals surface area contributed by atoms with Crippen LogP contribution in [0.15, 0.2) is 0 Å². The number of nitrogens with one attached hydrogen (secondary N) is 1. The van der Waals surface area contributed by atoms with Crippen LogP contribution in [-0.4, -0.2) is 49.1 Å². The van der Waals surface area contributed by atoms with Crippen LogP contribution < -0.4 is 5.32 Å². The third-order valence-electron chi connectivity index (χ3n) is 3.64. The van der Waals surface area contributed by atoms with Gasteiger partial charge in [0.15, 0.2) is 0 Å². The van der Waals surface area contributed by atoms with E-state index in [4.69, 9.17) is 4.74 Å². The zero-order chi connectivity index (χ0) is 14.8. The fourth-order valence-corrected chi connectivity index (χ4v) is 2.43. The van der Waals surface area contributed by atoms with Crippen molar-refractivity contribution in [3.63, 3.8) is 0 Å². The molecule has 0 aromatic heterocycles. The minimum atomic E-state index is -0.294. The van der Waals surface area contributed by atoms with Crippen LogP contribution in [0, 0.1) is 0 Å². The van der Waals surface area contributed by atoms with Crippen LogP contribution in [0.25, 0.3) is 0 Å². The van der Waals surface area contributed by atoms with E-state index in [1.807, 2.05) is 0 Å². The van der Waals surface area contributed by atoms with Gasteiger partial charge in [-0.3, -0.25) is 9.59 Å². The fraction of sp³-hybridized carbons (Fsp3) is 0.867. The highest BCUT2D eigenvalue weighted by molar-refractivity contribution is 5.81. The molecule has 1 amide bonds. The molecule has 1 fully saturated rings. The van der Waals surface area contributed by atoms with Crippen LogP contribution in [-0.2, 0) is 14.3 Å². The van der Waals surface area contributed by atoms with Crippen molar-refractivity contribution in [1.29, 1.82) is 0 Å². The topological polar surface area (TPSA) is 58.6 Å². The molecule has 5 nitrogen and oxygen atoms in total. The maximum absolute atomic E-state index is 11.7. The second kappa shape index (κ2) is 9.75. The van der Waals surface area contributed by atoms with E-state index in [1.165, 1.54) is 19.4 Å². The van der Waals surface area contributed by atoms with Gasteiger partial charge in [-0.15, -0.1) is 0 Å². The molecule has 1 aliphatic rings. The molecule has 20 heavy (non-hydrogen) atoms. The highest BCUT2D eigenvalue weighted by atomic mass is 16.5. The van der Waals surface area contributed by atoms with Gasteiger partial charge >= 0.3 is 5.97 Å². The zero-order valence-corrected chi connectivity index (χ0v) is 12.8. The van der Waals surface area contributed by atoms with Gasteiger partial charge in [0.1, 0.15) is 0 Å². The monoisotopic (exact) mass is 284 g/mol. The Balaban J connectivity index is 2.13. The summed E-state index contributed by atoms with van der Waals surface area (Å²) in [5.74, 6) is -0.331. The van der Waals surface area contributed by atoms with Crippen molar-refractivity contribution in [2.75, 3.05) is 26.2 Å². The number of unbranched alkanes of at least 4 members (excludes halogenated alkanes) is 1. The summed E-state index contributed by atoms with van der Waals surface area (Å²) in [7, 11) is 0. The summed E-state index contributed by atoms with van der Waals surface area (Å²) in [5.41, 5.74) is 0. The number of nitrogens with zero attached hydrogens (tertiary/aromatic N) is 1. The summed E-state index contributed by atoms with van der Waals surface area (Å²) in [5, 5.41) is 3.02. The lowest BCUT2D eigenvalue weighted by molar-refractivity contribution is -0.144. The first-order valence-electron chi connectivity index (χ1n) is 7.83. The molecular weight excluding hydrogens is 256 g/mol. The third kappa shape index (κ3) is 6.89. The number of ether oxygens (including phenoxy) is 1. The van der Waals surface area contributed by atoms with Crippen LogP contribution in [0.2, 0.25) is 0 Å². The Morgan fingerprint density at radius 1 is 1.20 bits per heavy atom. The summed E-state index contributed by atoms with van der Waals surface area (Å²) in [4.78, 5) is 25.4. The number of carbonyl (C=O) groups excluding carboxylic acids is 2. The van der Waals surface area contributed by atoms with Gasteiger partial charge in [-0.05, 0) is 32.7 Å². The molecule has 0 saturated carbocycles. The standard InChI is InChI=1S/C15H28N2O3/c1-3-5-10-17-11-8-13(9-12-17)16-14(18)6-7-15(19)20-4-2/h13H,3-12H2,1-2H3,(H,16,18). The number of hydrogen-bond acceptors (Lipinski definition) is 4. The van der Waals surface area contributed by atoms with E-state index in [1.54, 1.807) is 6.92 Å². The fourth-order valence-electron chi connectivity index (χ4n) is 2.43. The molecule has 0 bridgehead atoms. The van der Waals surface area contributed by atoms with Crippen LogP contribution in [0.1, 0.15) is 52.4 Å². The van der Waals surface area contributed by atoms with Gasteiger partial charge in [0.25, 0.3) is 0 Å². The predicted molar refractivity (Wildman–Crippen MR) is 78.4 cm³/mol. The Morgan fingerprint density at radius 2 is 1.90 bits per heavy atom. The number of carbonyl (C=O) groups is 2. The molecule has 1 N–H and O–H groups in total. The second-order valence-electron chi connectivity index (χ2n) is 5.34. The molecule has 0 spiro atoms. The molecule has 1 aliphatic heterocycles. The van der Waals surface area contributed by atoms with Crippen molar-refractivity contribution in [3.8, 4) is 0 Å². The van der Waals surface area contributed by atoms with Gasteiger partial charge in [-0.1, -0.05) is 13.3 Å². The van der Waals surface area contributed by atoms with Crippen molar-refractivity contribution < 1.29 is 14.3 Å². The molecule has 0 atom stereocenters. The summed E-state index contributed by atoms with van der Waals surface area (Å²) in [6.45, 7) is 7.63. The van der Waals surface area contributed by atoms with Crippen LogP contribution in [0.5, 0.6) is 0 Å². The smallest absolute Gasteiger partial charge is 0.306 e. The van der Waals surface area contributed by atoms with E-state index >= 15 is 0 Å². The van der Waals surface area contributed by atoms with Crippen molar-refractivity contribution in [1.82, 2.24) is 10.2 Å². The Bertz CT molecular complexity index is 299. The number of rotatable bonds is 8. The molecule has 1 heterocycles. The average Bonchev–Trinajstić information content (AvgIpc) is 2.45. The largest absolute Gasteiger partial charge is 0.466 e. The highest BCUT2D eigenvalue weighted by Gasteiger charge is 2.20. The van der Waals surface area contributed by atoms with E-state index < -0.39 is 0 Å². The molecule has 1 rings (SSSR count). The number of piperidine rings is 1. The number of likely N-dealkylation sites (tertiary alicyclic amines) is 1. The Labute approximate surface area is 122 Å². The van der Waals surface area contributed by atoms with E-state index in [2.05, 4.69) is 17.1 Å². The van der Waals surface area contributed by atoms with Crippen molar-refractivity contribution >= 4 is 11.9 Å². The number of amides is 1. The normalized spacial score (nSPS) is 16.9. The van der Waals surface area contributed by atoms with Crippen molar-refractivity contribution in [2.24, 2.45) is 0 Å². The summed E-state index contributed by atoms with van der Waals surface area (Å²) < 4.78 is 4.81. The first-order valence-corrected chi connectivity index (χ1v) is 7.83. The predicted octanol–water partition coefficient (Wildman–Crippen LogP) is 1.71. The lowest BCUT2D eigenvalue weighted by Gasteiger charge is -2.32. The molecule has 5 heteroatoms. The number of hydrogen-bond donors (Lipinski definition) is 1. The molecule has 0 aromatic carbocycles. The molecule has 0 aromatic rings. The van der Waals surface area contributed by atoms with Crippen LogP contribution in [0.4, 0.5) is 0 Å². The molecule has 1 saturated heterocycles. The van der Waals surface area contributed by atoms with Gasteiger partial charge < -0.3 is 15.0 Å². The SMILES string of the molecule is CCCCN1CCC(NC(=O)CCC(=O)OCC)CC1. The summed E-state index contributed by atoms with van der Waals surface area (Å²) >= 11 is 0. The molecule has 0 unspecified atom stereocenters. The molecule has 0 radical (unpaired) electrons. The van der Waals surface area contributed by atoms with E-state index in [9.17, 15) is 9.59 Å². The first-order chi connectivity index (χ1) is 9.65. The van der Waals surface area contributed by atoms with Gasteiger partial charge in [-0.2, -0.15) is 0 Å².